The Kier molecular flexibility index (Phi) is 4.05. The number of hydrogen-bond donors (Lipinski definition) is 1. The average Bonchev–Trinajstić information content (AvgIpc) is 2.15. The Morgan fingerprint density at radius 2 is 2.00 bits per heavy atom. The van der Waals surface area contributed by atoms with Crippen LogP contribution < -0.4 is 0 Å². The topological polar surface area (TPSA) is 37.3 Å². The summed E-state index contributed by atoms with van der Waals surface area (Å²) < 4.78 is 25.6. The third kappa shape index (κ3) is 4.14. The molecule has 0 heterocycles. The highest BCUT2D eigenvalue weighted by Crippen LogP contribution is 2.38. The predicted molar refractivity (Wildman–Crippen MR) is 52.9 cm³/mol. The van der Waals surface area contributed by atoms with E-state index in [1.54, 1.807) is 6.92 Å². The Morgan fingerprint density at radius 1 is 1.47 bits per heavy atom. The zero-order valence-electron chi connectivity index (χ0n) is 9.01. The standard InChI is InChI=1S/C11H18F2O2/c1-8(10(14)15)2-3-9-4-6-11(12,13)7-5-9/h8-9H,2-7H2,1H3,(H,14,15). The van der Waals surface area contributed by atoms with E-state index in [1.807, 2.05) is 0 Å². The van der Waals surface area contributed by atoms with Gasteiger partial charge in [-0.25, -0.2) is 8.78 Å². The molecular weight excluding hydrogens is 202 g/mol. The fraction of sp³-hybridized carbons (Fsp3) is 0.909. The summed E-state index contributed by atoms with van der Waals surface area (Å²) in [6, 6.07) is 0. The molecule has 0 radical (unpaired) electrons. The van der Waals surface area contributed by atoms with Crippen LogP contribution in [-0.2, 0) is 4.79 Å². The van der Waals surface area contributed by atoms with Crippen LogP contribution in [0, 0.1) is 11.8 Å². The molecule has 0 aromatic rings. The van der Waals surface area contributed by atoms with Crippen LogP contribution in [0.15, 0.2) is 0 Å². The van der Waals surface area contributed by atoms with Gasteiger partial charge in [-0.1, -0.05) is 6.92 Å². The summed E-state index contributed by atoms with van der Waals surface area (Å²) in [4.78, 5) is 10.6. The molecule has 1 rings (SSSR count). The number of carboxylic acids is 1. The quantitative estimate of drug-likeness (QED) is 0.789. The number of aliphatic carboxylic acids is 1. The molecule has 1 fully saturated rings. The molecule has 0 saturated heterocycles. The molecule has 1 N–H and O–H groups in total. The minimum Gasteiger partial charge on any atom is -0.481 e. The first-order chi connectivity index (χ1) is 6.91. The number of halogens is 2. The van der Waals surface area contributed by atoms with Crippen molar-refractivity contribution >= 4 is 5.97 Å². The van der Waals surface area contributed by atoms with Gasteiger partial charge >= 0.3 is 5.97 Å². The van der Waals surface area contributed by atoms with Crippen molar-refractivity contribution in [2.45, 2.75) is 51.4 Å². The first-order valence-electron chi connectivity index (χ1n) is 5.51. The zero-order chi connectivity index (χ0) is 11.5. The maximum Gasteiger partial charge on any atom is 0.306 e. The minimum atomic E-state index is -2.48. The zero-order valence-corrected chi connectivity index (χ0v) is 9.01. The van der Waals surface area contributed by atoms with Gasteiger partial charge in [-0.3, -0.25) is 4.79 Å². The lowest BCUT2D eigenvalue weighted by molar-refractivity contribution is -0.141. The SMILES string of the molecule is CC(CCC1CCC(F)(F)CC1)C(=O)O. The van der Waals surface area contributed by atoms with Gasteiger partial charge < -0.3 is 5.11 Å². The van der Waals surface area contributed by atoms with Gasteiger partial charge in [0.15, 0.2) is 0 Å². The first-order valence-corrected chi connectivity index (χ1v) is 5.51. The van der Waals surface area contributed by atoms with Gasteiger partial charge in [0.05, 0.1) is 5.92 Å². The molecule has 1 unspecified atom stereocenters. The second-order valence-electron chi connectivity index (χ2n) is 4.62. The Balaban J connectivity index is 2.22. The normalized spacial score (nSPS) is 23.7. The van der Waals surface area contributed by atoms with E-state index in [0.717, 1.165) is 6.42 Å². The number of carboxylic acid groups (broad SMARTS) is 1. The predicted octanol–water partition coefficient (Wildman–Crippen LogP) is 3.31. The van der Waals surface area contributed by atoms with Crippen LogP contribution in [0.3, 0.4) is 0 Å². The van der Waals surface area contributed by atoms with E-state index in [2.05, 4.69) is 0 Å². The lowest BCUT2D eigenvalue weighted by Gasteiger charge is -2.28. The van der Waals surface area contributed by atoms with Gasteiger partial charge in [-0.05, 0) is 31.6 Å². The van der Waals surface area contributed by atoms with Gasteiger partial charge in [-0.15, -0.1) is 0 Å². The molecule has 0 aromatic heterocycles. The van der Waals surface area contributed by atoms with Crippen LogP contribution >= 0.6 is 0 Å². The van der Waals surface area contributed by atoms with Gasteiger partial charge in [0.2, 0.25) is 5.92 Å². The van der Waals surface area contributed by atoms with Crippen molar-refractivity contribution in [2.24, 2.45) is 11.8 Å². The van der Waals surface area contributed by atoms with Crippen LogP contribution in [0.2, 0.25) is 0 Å². The summed E-state index contributed by atoms with van der Waals surface area (Å²) in [5, 5.41) is 8.67. The summed E-state index contributed by atoms with van der Waals surface area (Å²) in [6.45, 7) is 1.67. The molecule has 4 heteroatoms. The fourth-order valence-corrected chi connectivity index (χ4v) is 2.00. The Hall–Kier alpha value is -0.670. The molecule has 88 valence electrons. The van der Waals surface area contributed by atoms with Crippen molar-refractivity contribution in [1.29, 1.82) is 0 Å². The van der Waals surface area contributed by atoms with Crippen molar-refractivity contribution in [3.63, 3.8) is 0 Å². The summed E-state index contributed by atoms with van der Waals surface area (Å²) in [5.41, 5.74) is 0. The summed E-state index contributed by atoms with van der Waals surface area (Å²) >= 11 is 0. The Morgan fingerprint density at radius 3 is 2.47 bits per heavy atom. The molecule has 1 aliphatic carbocycles. The van der Waals surface area contributed by atoms with E-state index >= 15 is 0 Å². The van der Waals surface area contributed by atoms with Gasteiger partial charge in [0, 0.05) is 12.8 Å². The van der Waals surface area contributed by atoms with E-state index in [0.29, 0.717) is 25.2 Å². The van der Waals surface area contributed by atoms with Crippen LogP contribution in [0.5, 0.6) is 0 Å². The van der Waals surface area contributed by atoms with E-state index in [9.17, 15) is 13.6 Å². The molecule has 2 nitrogen and oxygen atoms in total. The molecule has 0 spiro atoms. The van der Waals surface area contributed by atoms with Crippen LogP contribution in [0.25, 0.3) is 0 Å². The highest BCUT2D eigenvalue weighted by molar-refractivity contribution is 5.69. The number of alkyl halides is 2. The summed E-state index contributed by atoms with van der Waals surface area (Å²) in [6.07, 6.45) is 2.39. The average molecular weight is 220 g/mol. The fourth-order valence-electron chi connectivity index (χ4n) is 2.00. The molecule has 1 saturated carbocycles. The van der Waals surface area contributed by atoms with E-state index in [1.165, 1.54) is 0 Å². The molecule has 0 aromatic carbocycles. The number of rotatable bonds is 4. The van der Waals surface area contributed by atoms with Crippen LogP contribution in [0.4, 0.5) is 8.78 Å². The lowest BCUT2D eigenvalue weighted by atomic mass is 9.82. The van der Waals surface area contributed by atoms with Gasteiger partial charge in [0.25, 0.3) is 0 Å². The second-order valence-corrected chi connectivity index (χ2v) is 4.62. The largest absolute Gasteiger partial charge is 0.481 e. The van der Waals surface area contributed by atoms with Gasteiger partial charge in [0.1, 0.15) is 0 Å². The molecular formula is C11H18F2O2. The number of carbonyl (C=O) groups is 1. The molecule has 15 heavy (non-hydrogen) atoms. The highest BCUT2D eigenvalue weighted by atomic mass is 19.3. The molecule has 0 aliphatic heterocycles. The minimum absolute atomic E-state index is 0.0287. The Bertz CT molecular complexity index is 219. The Labute approximate surface area is 88.7 Å². The van der Waals surface area contributed by atoms with E-state index in [4.69, 9.17) is 5.11 Å². The van der Waals surface area contributed by atoms with E-state index in [-0.39, 0.29) is 18.8 Å². The smallest absolute Gasteiger partial charge is 0.306 e. The highest BCUT2D eigenvalue weighted by Gasteiger charge is 2.34. The van der Waals surface area contributed by atoms with Crippen LogP contribution in [0.1, 0.15) is 45.4 Å². The molecule has 1 atom stereocenters. The second kappa shape index (κ2) is 4.90. The van der Waals surface area contributed by atoms with E-state index < -0.39 is 11.9 Å². The van der Waals surface area contributed by atoms with Crippen molar-refractivity contribution in [3.8, 4) is 0 Å². The van der Waals surface area contributed by atoms with Gasteiger partial charge in [-0.2, -0.15) is 0 Å². The maximum atomic E-state index is 12.8. The molecule has 0 amide bonds. The monoisotopic (exact) mass is 220 g/mol. The summed E-state index contributed by atoms with van der Waals surface area (Å²) in [5.74, 6) is -3.33. The van der Waals surface area contributed by atoms with Crippen molar-refractivity contribution in [2.75, 3.05) is 0 Å². The number of hydrogen-bond acceptors (Lipinski definition) is 1. The first kappa shape index (κ1) is 12.4. The van der Waals surface area contributed by atoms with Crippen LogP contribution in [-0.4, -0.2) is 17.0 Å². The third-order valence-corrected chi connectivity index (χ3v) is 3.27. The molecule has 1 aliphatic rings. The van der Waals surface area contributed by atoms with Crippen molar-refractivity contribution in [3.05, 3.63) is 0 Å². The summed E-state index contributed by atoms with van der Waals surface area (Å²) in [7, 11) is 0. The molecule has 0 bridgehead atoms. The van der Waals surface area contributed by atoms with Crippen molar-refractivity contribution in [1.82, 2.24) is 0 Å². The lowest BCUT2D eigenvalue weighted by Crippen LogP contribution is -2.25. The maximum absolute atomic E-state index is 12.8. The van der Waals surface area contributed by atoms with Crippen molar-refractivity contribution < 1.29 is 18.7 Å². The third-order valence-electron chi connectivity index (χ3n) is 3.27.